The van der Waals surface area contributed by atoms with Gasteiger partial charge in [-0.3, -0.25) is 4.57 Å². The zero-order valence-corrected chi connectivity index (χ0v) is 50.2. The first kappa shape index (κ1) is 65.4. The Bertz CT molecular complexity index is 1030. The maximum Gasteiger partial charge on any atom is 0.287 e. The van der Waals surface area contributed by atoms with E-state index in [0.29, 0.717) is 18.1 Å². The Hall–Kier alpha value is 0.110. The van der Waals surface area contributed by atoms with E-state index in [1.165, 1.54) is 366 Å². The van der Waals surface area contributed by atoms with Crippen molar-refractivity contribution in [1.82, 2.24) is 14.0 Å². The number of nitrogens with zero attached hydrogens (tertiary/aromatic N) is 3. The second-order valence-corrected chi connectivity index (χ2v) is 27.3. The van der Waals surface area contributed by atoms with Gasteiger partial charge in [-0.2, -0.15) is 0 Å². The van der Waals surface area contributed by atoms with Gasteiger partial charge in [-0.1, -0.05) is 367 Å². The molecule has 6 unspecified atom stereocenters. The minimum absolute atomic E-state index is 0.583. The summed E-state index contributed by atoms with van der Waals surface area (Å²) < 4.78 is 22.9. The van der Waals surface area contributed by atoms with Gasteiger partial charge in [0.15, 0.2) is 0 Å². The summed E-state index contributed by atoms with van der Waals surface area (Å²) in [6.07, 6.45) is 81.5. The van der Waals surface area contributed by atoms with Gasteiger partial charge in [-0.25, -0.2) is 14.0 Å². The van der Waals surface area contributed by atoms with Crippen LogP contribution in [0.25, 0.3) is 0 Å². The highest BCUT2D eigenvalue weighted by Gasteiger charge is 2.64. The van der Waals surface area contributed by atoms with Crippen LogP contribution >= 0.6 is 7.59 Å². The monoisotopic (exact) mass is 1010 g/mol. The molecule has 3 aliphatic heterocycles. The average Bonchev–Trinajstić information content (AvgIpc) is 4.29. The molecule has 0 amide bonds. The summed E-state index contributed by atoms with van der Waals surface area (Å²) in [5.41, 5.74) is 0. The third kappa shape index (κ3) is 35.2. The molecule has 0 saturated carbocycles. The molecule has 5 heteroatoms. The van der Waals surface area contributed by atoms with E-state index in [-0.39, 0.29) is 0 Å². The van der Waals surface area contributed by atoms with Gasteiger partial charge in [0, 0.05) is 37.8 Å². The van der Waals surface area contributed by atoms with E-state index < -0.39 is 7.59 Å². The summed E-state index contributed by atoms with van der Waals surface area (Å²) in [5.74, 6) is 0. The summed E-state index contributed by atoms with van der Waals surface area (Å²) >= 11 is 0. The van der Waals surface area contributed by atoms with Crippen molar-refractivity contribution >= 4 is 7.59 Å². The molecule has 71 heavy (non-hydrogen) atoms. The van der Waals surface area contributed by atoms with E-state index in [4.69, 9.17) is 0 Å². The van der Waals surface area contributed by atoms with Crippen LogP contribution in [0.1, 0.15) is 387 Å². The number of rotatable bonds is 60. The van der Waals surface area contributed by atoms with Gasteiger partial charge in [0.1, 0.15) is 0 Å². The fraction of sp³-hybridized carbons (Fsp3) is 1.00. The highest BCUT2D eigenvalue weighted by molar-refractivity contribution is 7.57. The van der Waals surface area contributed by atoms with Crippen molar-refractivity contribution in [2.75, 3.05) is 19.6 Å². The molecule has 3 fully saturated rings. The molecule has 0 aliphatic carbocycles. The Morgan fingerprint density at radius 3 is 0.493 bits per heavy atom. The zero-order valence-electron chi connectivity index (χ0n) is 49.4. The van der Waals surface area contributed by atoms with Crippen LogP contribution in [-0.4, -0.2) is 51.8 Å². The van der Waals surface area contributed by atoms with Crippen LogP contribution in [0.3, 0.4) is 0 Å². The highest BCUT2D eigenvalue weighted by Crippen LogP contribution is 2.71. The zero-order chi connectivity index (χ0) is 50.4. The molecule has 0 aromatic rings. The van der Waals surface area contributed by atoms with E-state index in [1.54, 1.807) is 0 Å². The van der Waals surface area contributed by atoms with Gasteiger partial charge in [0.2, 0.25) is 0 Å². The van der Waals surface area contributed by atoms with Crippen LogP contribution in [0, 0.1) is 0 Å². The molecule has 3 rings (SSSR count). The summed E-state index contributed by atoms with van der Waals surface area (Å²) in [6.45, 7) is 10.2. The SMILES string of the molecule is CCCCCCCCCCCCCCCCCCCCC1CN1P(=O)(N1CC1CCCCCCCCCCCCCCCCCCCC)N1CC1CCCCCCCCCCCCCCCCCCCC. The van der Waals surface area contributed by atoms with Gasteiger partial charge in [-0.15, -0.1) is 0 Å². The standard InChI is InChI=1S/C66H132N3OP/c1-4-7-10-13-16-19-22-25-28-31-34-37-40-43-46-49-52-55-58-64-61-67(64)71(70,68-62-65(68)59-56-53-50-47-44-41-38-35-32-29-26-23-20-17-14-11-8-5-2)69-63-66(69)60-57-54-51-48-45-42-39-36-33-30-27-24-21-18-15-12-9-6-3/h64-66H,4-63H2,1-3H3. The molecule has 0 N–H and O–H groups in total. The Morgan fingerprint density at radius 2 is 0.352 bits per heavy atom. The van der Waals surface area contributed by atoms with Crippen LogP contribution in [0.4, 0.5) is 0 Å². The molecule has 6 atom stereocenters. The normalized spacial score (nSPS) is 21.3. The fourth-order valence-corrected chi connectivity index (χ4v) is 16.2. The number of unbranched alkanes of at least 4 members (excludes halogenated alkanes) is 51. The topological polar surface area (TPSA) is 26.1 Å². The van der Waals surface area contributed by atoms with Crippen molar-refractivity contribution in [2.24, 2.45) is 0 Å². The average molecular weight is 1010 g/mol. The van der Waals surface area contributed by atoms with Crippen molar-refractivity contribution in [3.05, 3.63) is 0 Å². The van der Waals surface area contributed by atoms with Crippen molar-refractivity contribution in [3.63, 3.8) is 0 Å². The lowest BCUT2D eigenvalue weighted by molar-refractivity contribution is 0.439. The van der Waals surface area contributed by atoms with Crippen LogP contribution in [0.5, 0.6) is 0 Å². The predicted octanol–water partition coefficient (Wildman–Crippen LogP) is 23.4. The van der Waals surface area contributed by atoms with Crippen LogP contribution in [-0.2, 0) is 4.57 Å². The maximum atomic E-state index is 15.3. The molecule has 4 nitrogen and oxygen atoms in total. The van der Waals surface area contributed by atoms with Gasteiger partial charge in [0.05, 0.1) is 0 Å². The first-order chi connectivity index (χ1) is 35.2. The second kappa shape index (κ2) is 47.3. The molecule has 0 radical (unpaired) electrons. The maximum absolute atomic E-state index is 15.3. The number of hydrogen-bond acceptors (Lipinski definition) is 1. The summed E-state index contributed by atoms with van der Waals surface area (Å²) in [6, 6.07) is 1.75. The fourth-order valence-electron chi connectivity index (χ4n) is 12.5. The van der Waals surface area contributed by atoms with E-state index in [9.17, 15) is 0 Å². The summed E-state index contributed by atoms with van der Waals surface area (Å²) in [7, 11) is -2.55. The van der Waals surface area contributed by atoms with Crippen LogP contribution < -0.4 is 0 Å². The molecule has 0 spiro atoms. The van der Waals surface area contributed by atoms with E-state index in [2.05, 4.69) is 34.8 Å². The smallest absolute Gasteiger partial charge is 0.270 e. The molecular weight excluding hydrogens is 882 g/mol. The van der Waals surface area contributed by atoms with Crippen molar-refractivity contribution in [2.45, 2.75) is 405 Å². The Balaban J connectivity index is 1.22. The first-order valence-corrected chi connectivity index (χ1v) is 35.6. The number of hydrogen-bond donors (Lipinski definition) is 0. The molecule has 0 aromatic carbocycles. The highest BCUT2D eigenvalue weighted by atomic mass is 31.2. The van der Waals surface area contributed by atoms with Gasteiger partial charge >= 0.3 is 0 Å². The Kier molecular flexibility index (Phi) is 43.6. The van der Waals surface area contributed by atoms with E-state index >= 15 is 4.57 Å². The molecule has 0 bridgehead atoms. The quantitative estimate of drug-likeness (QED) is 0.0345. The van der Waals surface area contributed by atoms with Gasteiger partial charge in [-0.05, 0) is 19.3 Å². The second-order valence-electron chi connectivity index (χ2n) is 24.7. The molecule has 3 aliphatic rings. The Morgan fingerprint density at radius 1 is 0.225 bits per heavy atom. The minimum Gasteiger partial charge on any atom is -0.270 e. The van der Waals surface area contributed by atoms with Crippen molar-refractivity contribution in [3.8, 4) is 0 Å². The van der Waals surface area contributed by atoms with Gasteiger partial charge in [0.25, 0.3) is 7.59 Å². The lowest BCUT2D eigenvalue weighted by Crippen LogP contribution is -2.17. The first-order valence-electron chi connectivity index (χ1n) is 34.1. The minimum atomic E-state index is -2.55. The van der Waals surface area contributed by atoms with Crippen LogP contribution in [0.2, 0.25) is 0 Å². The molecule has 3 saturated heterocycles. The third-order valence-electron chi connectivity index (χ3n) is 17.7. The third-order valence-corrected chi connectivity index (χ3v) is 21.2. The molecule has 0 aromatic heterocycles. The van der Waals surface area contributed by atoms with Crippen molar-refractivity contribution in [1.29, 1.82) is 0 Å². The lowest BCUT2D eigenvalue weighted by Gasteiger charge is -2.24. The largest absolute Gasteiger partial charge is 0.287 e. The molecular formula is C66H132N3OP. The predicted molar refractivity (Wildman–Crippen MR) is 319 cm³/mol. The van der Waals surface area contributed by atoms with Gasteiger partial charge < -0.3 is 0 Å². The molecule has 422 valence electrons. The summed E-state index contributed by atoms with van der Waals surface area (Å²) in [4.78, 5) is 0. The lowest BCUT2D eigenvalue weighted by atomic mass is 10.0. The van der Waals surface area contributed by atoms with E-state index in [1.807, 2.05) is 0 Å². The molecule has 3 heterocycles. The van der Waals surface area contributed by atoms with Crippen molar-refractivity contribution < 1.29 is 4.57 Å². The Labute approximate surface area is 448 Å². The van der Waals surface area contributed by atoms with E-state index in [0.717, 1.165) is 19.6 Å². The summed E-state index contributed by atoms with van der Waals surface area (Å²) in [5, 5.41) is 0. The van der Waals surface area contributed by atoms with Crippen LogP contribution in [0.15, 0.2) is 0 Å².